The number of hydrogen-bond acceptors (Lipinski definition) is 8. The summed E-state index contributed by atoms with van der Waals surface area (Å²) in [6.45, 7) is -0.669. The highest BCUT2D eigenvalue weighted by Crippen LogP contribution is 2.44. The molecule has 2 amide bonds. The minimum Gasteiger partial charge on any atom is -0.497 e. The van der Waals surface area contributed by atoms with Gasteiger partial charge in [-0.15, -0.1) is 0 Å². The van der Waals surface area contributed by atoms with Crippen LogP contribution in [-0.2, 0) is 33.9 Å². The molecule has 0 unspecified atom stereocenters. The third-order valence-electron chi connectivity index (χ3n) is 7.90. The van der Waals surface area contributed by atoms with Gasteiger partial charge in [0.05, 0.1) is 51.9 Å². The van der Waals surface area contributed by atoms with Gasteiger partial charge in [0.1, 0.15) is 11.5 Å². The number of nitrogens with zero attached hydrogens (tertiary/aromatic N) is 2. The van der Waals surface area contributed by atoms with E-state index in [4.69, 9.17) is 9.47 Å². The highest BCUT2D eigenvalue weighted by atomic mass is 16.5. The molecule has 228 valence electrons. The molecule has 4 N–H and O–H groups in total. The molecule has 4 aromatic carbocycles. The first-order valence-electron chi connectivity index (χ1n) is 14.0. The standard InChI is InChI=1S/2C17H17NO4/c2*1-22-13-7-8-15-14(9-13)17(21,11-19)16(20)18(15)10-12-5-3-2-4-6-12/h2*2-9,19,21H,10-11H2,1H3/t2*17-/m10/s1. The van der Waals surface area contributed by atoms with Crippen molar-refractivity contribution < 1.29 is 39.5 Å². The van der Waals surface area contributed by atoms with Crippen LogP contribution >= 0.6 is 0 Å². The molecule has 0 fully saturated rings. The number of aliphatic hydroxyl groups excluding tert-OH is 2. The molecule has 2 atom stereocenters. The summed E-state index contributed by atoms with van der Waals surface area (Å²) < 4.78 is 10.3. The van der Waals surface area contributed by atoms with E-state index in [1.807, 2.05) is 60.7 Å². The Morgan fingerprint density at radius 3 is 1.27 bits per heavy atom. The summed E-state index contributed by atoms with van der Waals surface area (Å²) in [4.78, 5) is 28.2. The monoisotopic (exact) mass is 598 g/mol. The number of benzene rings is 4. The molecular weight excluding hydrogens is 564 g/mol. The Kier molecular flexibility index (Phi) is 8.70. The van der Waals surface area contributed by atoms with Gasteiger partial charge in [0.2, 0.25) is 0 Å². The number of carbonyl (C=O) groups excluding carboxylic acids is 2. The maximum Gasteiger partial charge on any atom is 0.266 e. The number of anilines is 2. The second kappa shape index (κ2) is 12.5. The highest BCUT2D eigenvalue weighted by Gasteiger charge is 2.50. The summed E-state index contributed by atoms with van der Waals surface area (Å²) in [5, 5.41) is 40.3. The van der Waals surface area contributed by atoms with Crippen molar-refractivity contribution in [1.82, 2.24) is 0 Å². The van der Waals surface area contributed by atoms with Crippen molar-refractivity contribution in [3.8, 4) is 11.5 Å². The van der Waals surface area contributed by atoms with E-state index < -0.39 is 36.2 Å². The lowest BCUT2D eigenvalue weighted by atomic mass is 9.96. The highest BCUT2D eigenvalue weighted by molar-refractivity contribution is 6.07. The Bertz CT molecular complexity index is 1530. The van der Waals surface area contributed by atoms with Gasteiger partial charge < -0.3 is 39.7 Å². The lowest BCUT2D eigenvalue weighted by Gasteiger charge is -2.21. The fourth-order valence-electron chi connectivity index (χ4n) is 5.46. The van der Waals surface area contributed by atoms with Crippen molar-refractivity contribution >= 4 is 23.2 Å². The number of aliphatic hydroxyl groups is 4. The lowest BCUT2D eigenvalue weighted by molar-refractivity contribution is -0.140. The van der Waals surface area contributed by atoms with E-state index in [2.05, 4.69) is 0 Å². The Labute approximate surface area is 254 Å². The maximum absolute atomic E-state index is 12.6. The zero-order valence-corrected chi connectivity index (χ0v) is 24.4. The van der Waals surface area contributed by atoms with Crippen LogP contribution in [0.2, 0.25) is 0 Å². The number of hydrogen-bond donors (Lipinski definition) is 4. The summed E-state index contributed by atoms with van der Waals surface area (Å²) in [6.07, 6.45) is 0. The largest absolute Gasteiger partial charge is 0.497 e. The average molecular weight is 599 g/mol. The number of methoxy groups -OCH3 is 2. The molecule has 0 aliphatic carbocycles. The van der Waals surface area contributed by atoms with Gasteiger partial charge in [0, 0.05) is 11.1 Å². The van der Waals surface area contributed by atoms with Gasteiger partial charge in [-0.2, -0.15) is 0 Å². The average Bonchev–Trinajstić information content (AvgIpc) is 3.41. The summed E-state index contributed by atoms with van der Waals surface area (Å²) in [5.41, 5.74) is -0.0281. The molecule has 0 radical (unpaired) electrons. The van der Waals surface area contributed by atoms with Crippen LogP contribution in [0.5, 0.6) is 11.5 Å². The first-order valence-corrected chi connectivity index (χ1v) is 14.0. The number of fused-ring (bicyclic) bond motifs is 2. The predicted octanol–water partition coefficient (Wildman–Crippen LogP) is 2.84. The van der Waals surface area contributed by atoms with Crippen LogP contribution in [-0.4, -0.2) is 59.7 Å². The Morgan fingerprint density at radius 1 is 0.591 bits per heavy atom. The van der Waals surface area contributed by atoms with E-state index in [1.54, 1.807) is 36.4 Å². The van der Waals surface area contributed by atoms with Crippen LogP contribution in [0.4, 0.5) is 11.4 Å². The molecule has 0 spiro atoms. The molecule has 6 rings (SSSR count). The van der Waals surface area contributed by atoms with E-state index in [0.717, 1.165) is 11.1 Å². The van der Waals surface area contributed by atoms with E-state index in [9.17, 15) is 30.0 Å². The van der Waals surface area contributed by atoms with Crippen LogP contribution in [0.15, 0.2) is 97.1 Å². The molecule has 0 saturated heterocycles. The Balaban J connectivity index is 0.000000175. The number of carbonyl (C=O) groups is 2. The third kappa shape index (κ3) is 5.40. The summed E-state index contributed by atoms with van der Waals surface area (Å²) >= 11 is 0. The Morgan fingerprint density at radius 2 is 0.955 bits per heavy atom. The van der Waals surface area contributed by atoms with Gasteiger partial charge in [0.15, 0.2) is 11.2 Å². The molecule has 0 saturated carbocycles. The van der Waals surface area contributed by atoms with E-state index in [-0.39, 0.29) is 0 Å². The minimum atomic E-state index is -1.92. The van der Waals surface area contributed by atoms with E-state index in [1.165, 1.54) is 24.0 Å². The zero-order chi connectivity index (χ0) is 31.5. The minimum absolute atomic E-state index is 0.335. The van der Waals surface area contributed by atoms with Crippen LogP contribution in [0, 0.1) is 0 Å². The molecule has 0 aromatic heterocycles. The van der Waals surface area contributed by atoms with E-state index >= 15 is 0 Å². The summed E-state index contributed by atoms with van der Waals surface area (Å²) in [7, 11) is 3.02. The molecule has 10 heteroatoms. The van der Waals surface area contributed by atoms with Crippen LogP contribution < -0.4 is 19.3 Å². The van der Waals surface area contributed by atoms with Crippen molar-refractivity contribution in [2.75, 3.05) is 37.2 Å². The lowest BCUT2D eigenvalue weighted by Crippen LogP contribution is -2.42. The van der Waals surface area contributed by atoms with Gasteiger partial charge in [-0.05, 0) is 47.5 Å². The SMILES string of the molecule is COc1ccc2c(c1)[C@@](O)(CO)C(=O)N2Cc1ccccc1.COc1ccc2c(c1)[C@](O)(CO)C(=O)N2Cc1ccccc1. The van der Waals surface area contributed by atoms with Crippen LogP contribution in [0.25, 0.3) is 0 Å². The van der Waals surface area contributed by atoms with Crippen molar-refractivity contribution in [1.29, 1.82) is 0 Å². The molecule has 2 heterocycles. The van der Waals surface area contributed by atoms with Crippen LogP contribution in [0.3, 0.4) is 0 Å². The smallest absolute Gasteiger partial charge is 0.266 e. The van der Waals surface area contributed by atoms with Gasteiger partial charge in [-0.1, -0.05) is 60.7 Å². The van der Waals surface area contributed by atoms with Gasteiger partial charge in [-0.3, -0.25) is 9.59 Å². The fourth-order valence-corrected chi connectivity index (χ4v) is 5.46. The van der Waals surface area contributed by atoms with Crippen molar-refractivity contribution in [2.24, 2.45) is 0 Å². The number of rotatable bonds is 8. The van der Waals surface area contributed by atoms with Crippen LogP contribution in [0.1, 0.15) is 22.3 Å². The zero-order valence-electron chi connectivity index (χ0n) is 24.4. The predicted molar refractivity (Wildman–Crippen MR) is 163 cm³/mol. The quantitative estimate of drug-likeness (QED) is 0.243. The molecule has 2 aliphatic heterocycles. The van der Waals surface area contributed by atoms with Crippen molar-refractivity contribution in [3.63, 3.8) is 0 Å². The third-order valence-corrected chi connectivity index (χ3v) is 7.90. The Hall–Kier alpha value is -4.74. The van der Waals surface area contributed by atoms with Crippen molar-refractivity contribution in [3.05, 3.63) is 119 Å². The van der Waals surface area contributed by atoms with E-state index in [0.29, 0.717) is 47.1 Å². The maximum atomic E-state index is 12.6. The van der Waals surface area contributed by atoms with Gasteiger partial charge in [0.25, 0.3) is 11.8 Å². The topological polar surface area (TPSA) is 140 Å². The fraction of sp³-hybridized carbons (Fsp3) is 0.235. The van der Waals surface area contributed by atoms with Crippen molar-refractivity contribution in [2.45, 2.75) is 24.3 Å². The summed E-state index contributed by atoms with van der Waals surface area (Å²) in [6, 6.07) is 29.1. The summed E-state index contributed by atoms with van der Waals surface area (Å²) in [5.74, 6) is 0.00387. The molecule has 0 bridgehead atoms. The number of ether oxygens (including phenoxy) is 2. The first-order chi connectivity index (χ1) is 21.2. The molecule has 4 aromatic rings. The first kappa shape index (κ1) is 30.7. The van der Waals surface area contributed by atoms with Gasteiger partial charge in [-0.25, -0.2) is 0 Å². The second-order valence-electron chi connectivity index (χ2n) is 10.6. The normalized spacial score (nSPS) is 20.1. The molecule has 10 nitrogen and oxygen atoms in total. The number of amides is 2. The second-order valence-corrected chi connectivity index (χ2v) is 10.6. The molecular formula is C34H34N2O8. The molecule has 2 aliphatic rings. The molecule has 44 heavy (non-hydrogen) atoms. The van der Waals surface area contributed by atoms with Gasteiger partial charge >= 0.3 is 0 Å².